The fourth-order valence-corrected chi connectivity index (χ4v) is 2.70. The lowest BCUT2D eigenvalue weighted by Crippen LogP contribution is -1.71. The molecule has 2 nitrogen and oxygen atoms in total. The van der Waals surface area contributed by atoms with Crippen molar-refractivity contribution in [1.82, 2.24) is 0 Å². The number of halogens is 1. The third-order valence-electron chi connectivity index (χ3n) is 1.19. The Balaban J connectivity index is 2.42. The lowest BCUT2D eigenvalue weighted by Gasteiger charge is -1.94. The van der Waals surface area contributed by atoms with Crippen LogP contribution in [0.2, 0.25) is 0 Å². The predicted molar refractivity (Wildman–Crippen MR) is 48.6 cm³/mol. The van der Waals surface area contributed by atoms with E-state index in [1.165, 1.54) is 0 Å². The molecule has 1 heterocycles. The van der Waals surface area contributed by atoms with Crippen LogP contribution in [0.15, 0.2) is 24.3 Å². The predicted octanol–water partition coefficient (Wildman–Crippen LogP) is 3.12. The Labute approximate surface area is 72.9 Å². The molecule has 0 N–H and O–H groups in total. The number of para-hydroxylation sites is 2. The second-order valence-corrected chi connectivity index (χ2v) is 5.00. The number of rotatable bonds is 0. The normalized spacial score (nSPS) is 15.7. The van der Waals surface area contributed by atoms with Crippen molar-refractivity contribution in [3.05, 3.63) is 24.3 Å². The van der Waals surface area contributed by atoms with Gasteiger partial charge in [0, 0.05) is 22.0 Å². The van der Waals surface area contributed by atoms with Gasteiger partial charge in [0.25, 0.3) is 0 Å². The Morgan fingerprint density at radius 1 is 1.10 bits per heavy atom. The summed E-state index contributed by atoms with van der Waals surface area (Å²) >= 11 is 2.15. The maximum atomic E-state index is 5.34. The molecule has 2 rings (SSSR count). The Morgan fingerprint density at radius 2 is 1.60 bits per heavy atom. The van der Waals surface area contributed by atoms with Crippen molar-refractivity contribution in [3.63, 3.8) is 0 Å². The molecule has 1 aromatic carbocycles. The van der Waals surface area contributed by atoms with Crippen molar-refractivity contribution in [2.45, 2.75) is 0 Å². The van der Waals surface area contributed by atoms with Gasteiger partial charge in [-0.15, -0.1) is 0 Å². The lowest BCUT2D eigenvalue weighted by atomic mass is 10.3. The SMILES string of the molecule is IP1Oc2ccccc2O1. The summed E-state index contributed by atoms with van der Waals surface area (Å²) in [6, 6.07) is 6.98. The summed E-state index contributed by atoms with van der Waals surface area (Å²) in [4.78, 5) is 0. The third kappa shape index (κ3) is 1.08. The molecule has 1 aliphatic rings. The van der Waals surface area contributed by atoms with Gasteiger partial charge >= 0.3 is 6.02 Å². The number of fused-ring (bicyclic) bond motifs is 1. The molecule has 0 saturated carbocycles. The van der Waals surface area contributed by atoms with Gasteiger partial charge in [0.2, 0.25) is 0 Å². The highest BCUT2D eigenvalue weighted by molar-refractivity contribution is 14.2. The van der Waals surface area contributed by atoms with Crippen molar-refractivity contribution in [2.75, 3.05) is 0 Å². The van der Waals surface area contributed by atoms with Crippen LogP contribution in [0.4, 0.5) is 0 Å². The first kappa shape index (κ1) is 6.68. The molecule has 0 amide bonds. The smallest absolute Gasteiger partial charge is 0.360 e. The number of hydrogen-bond acceptors (Lipinski definition) is 2. The standard InChI is InChI=1S/C6H4IO2P/c7-10-8-5-3-1-2-4-6(5)9-10/h1-4H. The van der Waals surface area contributed by atoms with Gasteiger partial charge in [0.15, 0.2) is 11.5 Å². The zero-order valence-corrected chi connectivity index (χ0v) is 8.00. The molecule has 0 aromatic heterocycles. The Hall–Kier alpha value is -0.0200. The first-order valence-corrected chi connectivity index (χ1v) is 6.73. The first-order valence-electron chi connectivity index (χ1n) is 2.77. The van der Waals surface area contributed by atoms with E-state index in [4.69, 9.17) is 9.05 Å². The van der Waals surface area contributed by atoms with E-state index in [-0.39, 0.29) is 0 Å². The Bertz CT molecular complexity index is 228. The lowest BCUT2D eigenvalue weighted by molar-refractivity contribution is 0.600. The molecule has 0 radical (unpaired) electrons. The molecule has 0 aliphatic carbocycles. The molecule has 4 heteroatoms. The van der Waals surface area contributed by atoms with Crippen LogP contribution >= 0.6 is 28.1 Å². The number of hydrogen-bond donors (Lipinski definition) is 0. The molecular weight excluding hydrogens is 262 g/mol. The van der Waals surface area contributed by atoms with E-state index >= 15 is 0 Å². The van der Waals surface area contributed by atoms with Gasteiger partial charge in [-0.3, -0.25) is 0 Å². The summed E-state index contributed by atoms with van der Waals surface area (Å²) in [6.45, 7) is 0. The first-order chi connectivity index (χ1) is 4.86. The highest BCUT2D eigenvalue weighted by Gasteiger charge is 2.21. The van der Waals surface area contributed by atoms with Gasteiger partial charge in [0.05, 0.1) is 0 Å². The maximum Gasteiger partial charge on any atom is 0.360 e. The monoisotopic (exact) mass is 266 g/mol. The van der Waals surface area contributed by atoms with Crippen LogP contribution in [0.3, 0.4) is 0 Å². The minimum Gasteiger partial charge on any atom is -0.428 e. The highest BCUT2D eigenvalue weighted by atomic mass is 127. The van der Waals surface area contributed by atoms with Crippen LogP contribution in [-0.2, 0) is 0 Å². The summed E-state index contributed by atoms with van der Waals surface area (Å²) in [5.74, 6) is 1.73. The zero-order valence-electron chi connectivity index (χ0n) is 4.95. The minimum absolute atomic E-state index is 0.722. The van der Waals surface area contributed by atoms with Crippen LogP contribution in [0.5, 0.6) is 11.5 Å². The summed E-state index contributed by atoms with van der Waals surface area (Å²) < 4.78 is 10.7. The van der Waals surface area contributed by atoms with Crippen molar-refractivity contribution < 1.29 is 9.05 Å². The molecule has 10 heavy (non-hydrogen) atoms. The Morgan fingerprint density at radius 3 is 2.10 bits per heavy atom. The second-order valence-electron chi connectivity index (χ2n) is 1.84. The van der Waals surface area contributed by atoms with E-state index in [1.807, 2.05) is 24.3 Å². The van der Waals surface area contributed by atoms with Crippen LogP contribution in [0.25, 0.3) is 0 Å². The molecule has 1 aliphatic heterocycles. The zero-order chi connectivity index (χ0) is 6.97. The van der Waals surface area contributed by atoms with Crippen molar-refractivity contribution >= 4 is 28.1 Å². The van der Waals surface area contributed by atoms with Gasteiger partial charge in [0.1, 0.15) is 0 Å². The van der Waals surface area contributed by atoms with Crippen molar-refractivity contribution in [3.8, 4) is 11.5 Å². The molecule has 52 valence electrons. The van der Waals surface area contributed by atoms with Gasteiger partial charge in [-0.1, -0.05) is 12.1 Å². The molecule has 0 atom stereocenters. The third-order valence-corrected chi connectivity index (χ3v) is 3.05. The highest BCUT2D eigenvalue weighted by Crippen LogP contribution is 2.56. The maximum absolute atomic E-state index is 5.34. The van der Waals surface area contributed by atoms with E-state index in [0.29, 0.717) is 0 Å². The van der Waals surface area contributed by atoms with Gasteiger partial charge in [-0.05, 0) is 12.1 Å². The van der Waals surface area contributed by atoms with Crippen molar-refractivity contribution in [2.24, 2.45) is 0 Å². The fraction of sp³-hybridized carbons (Fsp3) is 0. The van der Waals surface area contributed by atoms with Crippen molar-refractivity contribution in [1.29, 1.82) is 0 Å². The van der Waals surface area contributed by atoms with Crippen LogP contribution in [0, 0.1) is 0 Å². The van der Waals surface area contributed by atoms with E-state index in [9.17, 15) is 0 Å². The fourth-order valence-electron chi connectivity index (χ4n) is 0.774. The number of benzene rings is 1. The van der Waals surface area contributed by atoms with E-state index < -0.39 is 6.02 Å². The summed E-state index contributed by atoms with van der Waals surface area (Å²) in [5, 5.41) is 0. The molecule has 0 fully saturated rings. The largest absolute Gasteiger partial charge is 0.428 e. The summed E-state index contributed by atoms with van der Waals surface area (Å²) in [7, 11) is 0. The Kier molecular flexibility index (Phi) is 1.70. The molecular formula is C6H4IO2P. The average Bonchev–Trinajstić information content (AvgIpc) is 2.27. The van der Waals surface area contributed by atoms with E-state index in [0.717, 1.165) is 11.5 Å². The van der Waals surface area contributed by atoms with Crippen LogP contribution in [0.1, 0.15) is 0 Å². The van der Waals surface area contributed by atoms with Crippen LogP contribution < -0.4 is 9.05 Å². The molecule has 0 unspecified atom stereocenters. The topological polar surface area (TPSA) is 18.5 Å². The molecule has 0 bridgehead atoms. The quantitative estimate of drug-likeness (QED) is 0.530. The van der Waals surface area contributed by atoms with Gasteiger partial charge < -0.3 is 9.05 Å². The summed E-state index contributed by atoms with van der Waals surface area (Å²) in [6.07, 6.45) is 0. The molecule has 0 spiro atoms. The second kappa shape index (κ2) is 2.55. The van der Waals surface area contributed by atoms with E-state index in [1.54, 1.807) is 0 Å². The molecule has 0 saturated heterocycles. The minimum atomic E-state index is -0.722. The van der Waals surface area contributed by atoms with Gasteiger partial charge in [-0.2, -0.15) is 0 Å². The van der Waals surface area contributed by atoms with Gasteiger partial charge in [-0.25, -0.2) is 0 Å². The van der Waals surface area contributed by atoms with E-state index in [2.05, 4.69) is 22.0 Å². The molecule has 1 aromatic rings. The summed E-state index contributed by atoms with van der Waals surface area (Å²) in [5.41, 5.74) is 0. The average molecular weight is 266 g/mol. The van der Waals surface area contributed by atoms with Crippen LogP contribution in [-0.4, -0.2) is 0 Å².